The molecule has 12 nitrogen and oxygen atoms in total. The molecule has 0 radical (unpaired) electrons. The molecule has 6 rings (SSSR count). The van der Waals surface area contributed by atoms with Gasteiger partial charge in [0, 0.05) is 0 Å². The van der Waals surface area contributed by atoms with E-state index >= 15 is 0 Å². The molecule has 8 N–H and O–H groups in total. The molecule has 310 valence electrons. The zero-order valence-electron chi connectivity index (χ0n) is 33.7. The fourth-order valence-electron chi connectivity index (χ4n) is 12.9. The third kappa shape index (κ3) is 6.89. The third-order valence-corrected chi connectivity index (χ3v) is 16.1. The van der Waals surface area contributed by atoms with E-state index in [0.717, 1.165) is 44.9 Å². The van der Waals surface area contributed by atoms with E-state index in [2.05, 4.69) is 67.5 Å². The van der Waals surface area contributed by atoms with Crippen molar-refractivity contribution in [3.05, 3.63) is 23.3 Å². The number of aliphatic hydroxyl groups is 8. The summed E-state index contributed by atoms with van der Waals surface area (Å²) in [6, 6.07) is 0. The lowest BCUT2D eigenvalue weighted by Gasteiger charge is -2.70. The van der Waals surface area contributed by atoms with Gasteiger partial charge in [0.1, 0.15) is 48.8 Å². The van der Waals surface area contributed by atoms with Gasteiger partial charge in [0.05, 0.1) is 25.4 Å². The van der Waals surface area contributed by atoms with Crippen LogP contribution in [0, 0.1) is 45.3 Å². The SMILES string of the molecule is CC(C)=CC/C=C(/C)[C@H]1CC[C@]2(C)[C@@H]1[C@H](O)C[C@@H]1[C@@]3(C)CC[C@H](O[C@@H]4O[C@H](CO)[C@@H](O)[C@H](O)[C@H]4O[C@@H]4O[C@H](CO)[C@@H](O)[C@H](O)[C@H]4O)C(C)(C)[C@@H]3CC[C@]12C. The Bertz CT molecular complexity index is 1380. The van der Waals surface area contributed by atoms with Crippen LogP contribution in [0.15, 0.2) is 23.3 Å². The molecule has 2 saturated heterocycles. The molecule has 2 heterocycles. The van der Waals surface area contributed by atoms with E-state index in [1.165, 1.54) is 11.1 Å². The first kappa shape index (κ1) is 42.6. The van der Waals surface area contributed by atoms with Crippen molar-refractivity contribution in [3.8, 4) is 0 Å². The van der Waals surface area contributed by atoms with E-state index in [-0.39, 0.29) is 40.3 Å². The van der Waals surface area contributed by atoms with Gasteiger partial charge in [-0.3, -0.25) is 0 Å². The molecule has 4 aliphatic carbocycles. The highest BCUT2D eigenvalue weighted by Crippen LogP contribution is 2.75. The Morgan fingerprint density at radius 3 is 1.91 bits per heavy atom. The van der Waals surface area contributed by atoms with Crippen LogP contribution in [0.3, 0.4) is 0 Å². The molecule has 0 amide bonds. The van der Waals surface area contributed by atoms with Crippen molar-refractivity contribution in [2.24, 2.45) is 45.3 Å². The normalized spacial score (nSPS) is 51.9. The van der Waals surface area contributed by atoms with Crippen molar-refractivity contribution in [1.82, 2.24) is 0 Å². The van der Waals surface area contributed by atoms with Crippen LogP contribution in [0.25, 0.3) is 0 Å². The molecule has 0 unspecified atom stereocenters. The molecular formula is C42H70O12. The minimum atomic E-state index is -1.74. The van der Waals surface area contributed by atoms with Crippen molar-refractivity contribution in [2.45, 2.75) is 180 Å². The molecule has 2 aliphatic heterocycles. The van der Waals surface area contributed by atoms with Crippen LogP contribution in [0.2, 0.25) is 0 Å². The smallest absolute Gasteiger partial charge is 0.187 e. The molecule has 0 aromatic carbocycles. The molecule has 19 atom stereocenters. The zero-order valence-corrected chi connectivity index (χ0v) is 33.7. The summed E-state index contributed by atoms with van der Waals surface area (Å²) in [4.78, 5) is 0. The predicted molar refractivity (Wildman–Crippen MR) is 199 cm³/mol. The first-order valence-electron chi connectivity index (χ1n) is 20.5. The molecule has 0 spiro atoms. The van der Waals surface area contributed by atoms with E-state index in [1.807, 2.05) is 0 Å². The fourth-order valence-corrected chi connectivity index (χ4v) is 12.9. The fraction of sp³-hybridized carbons (Fsp3) is 0.905. The lowest BCUT2D eigenvalue weighted by atomic mass is 9.35. The average Bonchev–Trinajstić information content (AvgIpc) is 3.49. The lowest BCUT2D eigenvalue weighted by Crippen LogP contribution is -2.67. The Morgan fingerprint density at radius 2 is 1.28 bits per heavy atom. The summed E-state index contributed by atoms with van der Waals surface area (Å²) < 4.78 is 24.4. The number of rotatable bonds is 9. The average molecular weight is 767 g/mol. The van der Waals surface area contributed by atoms with Gasteiger partial charge < -0.3 is 59.8 Å². The lowest BCUT2D eigenvalue weighted by molar-refractivity contribution is -0.378. The predicted octanol–water partition coefficient (Wildman–Crippen LogP) is 2.95. The largest absolute Gasteiger partial charge is 0.394 e. The maximum atomic E-state index is 12.1. The zero-order chi connectivity index (χ0) is 39.7. The van der Waals surface area contributed by atoms with Crippen molar-refractivity contribution in [3.63, 3.8) is 0 Å². The highest BCUT2D eigenvalue weighted by molar-refractivity contribution is 5.23. The summed E-state index contributed by atoms with van der Waals surface area (Å²) in [6.07, 6.45) is -3.65. The monoisotopic (exact) mass is 766 g/mol. The number of ether oxygens (including phenoxy) is 4. The Balaban J connectivity index is 1.23. The number of hydrogen-bond acceptors (Lipinski definition) is 12. The Morgan fingerprint density at radius 1 is 0.667 bits per heavy atom. The van der Waals surface area contributed by atoms with E-state index in [9.17, 15) is 40.9 Å². The molecule has 4 saturated carbocycles. The molecule has 12 heteroatoms. The first-order valence-corrected chi connectivity index (χ1v) is 20.5. The van der Waals surface area contributed by atoms with Gasteiger partial charge in [0.2, 0.25) is 0 Å². The van der Waals surface area contributed by atoms with Gasteiger partial charge in [-0.1, -0.05) is 57.9 Å². The van der Waals surface area contributed by atoms with Gasteiger partial charge in [-0.25, -0.2) is 0 Å². The van der Waals surface area contributed by atoms with Crippen LogP contribution in [-0.2, 0) is 18.9 Å². The highest BCUT2D eigenvalue weighted by Gasteiger charge is 2.70. The highest BCUT2D eigenvalue weighted by atomic mass is 16.8. The second-order valence-corrected chi connectivity index (χ2v) is 19.4. The maximum Gasteiger partial charge on any atom is 0.187 e. The quantitative estimate of drug-likeness (QED) is 0.126. The maximum absolute atomic E-state index is 12.1. The van der Waals surface area contributed by atoms with Gasteiger partial charge in [0.25, 0.3) is 0 Å². The van der Waals surface area contributed by atoms with E-state index in [0.29, 0.717) is 18.3 Å². The topological polar surface area (TPSA) is 199 Å². The van der Waals surface area contributed by atoms with Crippen LogP contribution in [0.5, 0.6) is 0 Å². The number of aliphatic hydroxyl groups excluding tert-OH is 8. The molecular weight excluding hydrogens is 696 g/mol. The number of hydrogen-bond donors (Lipinski definition) is 8. The Labute approximate surface area is 321 Å². The minimum absolute atomic E-state index is 0.00171. The molecule has 0 aromatic heterocycles. The summed E-state index contributed by atoms with van der Waals surface area (Å²) in [5.74, 6) is 1.14. The van der Waals surface area contributed by atoms with Gasteiger partial charge in [-0.15, -0.1) is 0 Å². The van der Waals surface area contributed by atoms with Crippen molar-refractivity contribution >= 4 is 0 Å². The summed E-state index contributed by atoms with van der Waals surface area (Å²) in [5, 5.41) is 85.4. The van der Waals surface area contributed by atoms with Crippen LogP contribution in [0.4, 0.5) is 0 Å². The van der Waals surface area contributed by atoms with Crippen molar-refractivity contribution < 1.29 is 59.8 Å². The summed E-state index contributed by atoms with van der Waals surface area (Å²) >= 11 is 0. The Kier molecular flexibility index (Phi) is 12.3. The molecule has 0 bridgehead atoms. The summed E-state index contributed by atoms with van der Waals surface area (Å²) in [7, 11) is 0. The number of fused-ring (bicyclic) bond motifs is 5. The van der Waals surface area contributed by atoms with Crippen molar-refractivity contribution in [1.29, 1.82) is 0 Å². The minimum Gasteiger partial charge on any atom is -0.394 e. The summed E-state index contributed by atoms with van der Waals surface area (Å²) in [5.41, 5.74) is 2.29. The van der Waals surface area contributed by atoms with Crippen LogP contribution in [-0.4, -0.2) is 128 Å². The van der Waals surface area contributed by atoms with Gasteiger partial charge in [-0.2, -0.15) is 0 Å². The van der Waals surface area contributed by atoms with Crippen LogP contribution < -0.4 is 0 Å². The second kappa shape index (κ2) is 15.6. The summed E-state index contributed by atoms with van der Waals surface area (Å²) in [6.45, 7) is 17.1. The Hall–Kier alpha value is -1.00. The van der Waals surface area contributed by atoms with E-state index in [4.69, 9.17) is 18.9 Å². The molecule has 0 aromatic rings. The third-order valence-electron chi connectivity index (χ3n) is 16.1. The molecule has 54 heavy (non-hydrogen) atoms. The van der Waals surface area contributed by atoms with Gasteiger partial charge >= 0.3 is 0 Å². The molecule has 6 aliphatic rings. The van der Waals surface area contributed by atoms with Gasteiger partial charge in [-0.05, 0) is 117 Å². The van der Waals surface area contributed by atoms with Crippen LogP contribution >= 0.6 is 0 Å². The second-order valence-electron chi connectivity index (χ2n) is 19.4. The standard InChI is InChI=1S/C42H70O12/c1-21(2)10-9-11-22(3)23-12-16-42(8)30(23)24(45)18-28-40(6)15-14-29(39(4,5)27(40)13-17-41(28,42)7)53-38-36(34(49)32(47)26(20-44)52-38)54-37-35(50)33(48)31(46)25(19-43)51-37/h10-11,23-38,43-50H,9,12-20H2,1-8H3/b22-11-/t23-,24-,25-,26-,27+,28-,29+,30+,31-,32-,33+,34+,35-,36-,37+,38+,40+,41-,42-/m1/s1. The molecule has 6 fully saturated rings. The van der Waals surface area contributed by atoms with E-state index in [1.54, 1.807) is 0 Å². The van der Waals surface area contributed by atoms with Crippen LogP contribution in [0.1, 0.15) is 107 Å². The van der Waals surface area contributed by atoms with Gasteiger partial charge in [0.15, 0.2) is 12.6 Å². The first-order chi connectivity index (χ1) is 25.3. The van der Waals surface area contributed by atoms with E-state index < -0.39 is 80.0 Å². The van der Waals surface area contributed by atoms with Crippen molar-refractivity contribution in [2.75, 3.05) is 13.2 Å². The number of allylic oxidation sites excluding steroid dienone is 4.